The molecule has 5 rings (SSSR count). The fraction of sp³-hybridized carbons (Fsp3) is 0.0333. The normalized spacial score (nSPS) is 11.1. The van der Waals surface area contributed by atoms with E-state index in [1.165, 1.54) is 30.5 Å². The Bertz CT molecular complexity index is 1780. The molecule has 2 N–H and O–H groups in total. The van der Waals surface area contributed by atoms with Crippen LogP contribution in [0.4, 0.5) is 5.69 Å². The number of nitrogens with zero attached hydrogens (tertiary/aromatic N) is 2. The molecule has 0 aliphatic rings. The Morgan fingerprint density at radius 3 is 2.48 bits per heavy atom. The Labute approximate surface area is 236 Å². The number of ether oxygens (including phenoxy) is 1. The summed E-state index contributed by atoms with van der Waals surface area (Å²) in [5.74, 6) is -0.947. The quantitative estimate of drug-likeness (QED) is 0.0702. The molecule has 10 heteroatoms. The standard InChI is InChI=1S/C30H21BrN4O5/c1-18-6-5-9-24-26(19-7-3-2-4-8-19)28(33-27(18)24)29(36)34-32-17-21-16-22(31)12-15-25(21)40-30(37)20-10-13-23(14-11-20)35(38)39/h2-17,33H,1H3,(H,34,36). The SMILES string of the molecule is Cc1cccc2c(-c3ccccc3)c(C(=O)NN=Cc3cc(Br)ccc3OC(=O)c3ccc([N+](=O)[O-])cc3)[nH]c12. The van der Waals surface area contributed by atoms with Crippen molar-refractivity contribution in [3.63, 3.8) is 0 Å². The van der Waals surface area contributed by atoms with E-state index in [0.29, 0.717) is 15.7 Å². The van der Waals surface area contributed by atoms with Gasteiger partial charge in [-0.15, -0.1) is 0 Å². The van der Waals surface area contributed by atoms with E-state index in [9.17, 15) is 19.7 Å². The maximum Gasteiger partial charge on any atom is 0.343 e. The van der Waals surface area contributed by atoms with Gasteiger partial charge in [-0.2, -0.15) is 5.10 Å². The Balaban J connectivity index is 1.39. The first kappa shape index (κ1) is 26.5. The second-order valence-electron chi connectivity index (χ2n) is 8.81. The lowest BCUT2D eigenvalue weighted by molar-refractivity contribution is -0.384. The molecular formula is C30H21BrN4O5. The van der Waals surface area contributed by atoms with E-state index in [4.69, 9.17) is 4.74 Å². The highest BCUT2D eigenvalue weighted by molar-refractivity contribution is 9.10. The number of rotatable bonds is 7. The molecule has 0 aliphatic heterocycles. The summed E-state index contributed by atoms with van der Waals surface area (Å²) in [7, 11) is 0. The second-order valence-corrected chi connectivity index (χ2v) is 9.73. The highest BCUT2D eigenvalue weighted by Crippen LogP contribution is 2.34. The zero-order valence-electron chi connectivity index (χ0n) is 21.1. The van der Waals surface area contributed by atoms with Crippen molar-refractivity contribution in [3.05, 3.63) is 128 Å². The highest BCUT2D eigenvalue weighted by atomic mass is 79.9. The van der Waals surface area contributed by atoms with Gasteiger partial charge in [0.25, 0.3) is 11.6 Å². The number of amides is 1. The Morgan fingerprint density at radius 1 is 1.00 bits per heavy atom. The summed E-state index contributed by atoms with van der Waals surface area (Å²) in [5, 5.41) is 15.9. The summed E-state index contributed by atoms with van der Waals surface area (Å²) in [6.45, 7) is 1.97. The zero-order valence-corrected chi connectivity index (χ0v) is 22.6. The van der Waals surface area contributed by atoms with Crippen LogP contribution < -0.4 is 10.2 Å². The molecular weight excluding hydrogens is 576 g/mol. The minimum absolute atomic E-state index is 0.135. The maximum absolute atomic E-state index is 13.3. The molecule has 1 amide bonds. The van der Waals surface area contributed by atoms with Crippen LogP contribution in [0.25, 0.3) is 22.0 Å². The van der Waals surface area contributed by atoms with E-state index in [1.54, 1.807) is 18.2 Å². The van der Waals surface area contributed by atoms with Gasteiger partial charge >= 0.3 is 5.97 Å². The predicted octanol–water partition coefficient (Wildman–Crippen LogP) is 6.80. The van der Waals surface area contributed by atoms with Gasteiger partial charge in [-0.1, -0.05) is 64.5 Å². The summed E-state index contributed by atoms with van der Waals surface area (Å²) in [4.78, 5) is 39.5. The molecule has 4 aromatic carbocycles. The largest absolute Gasteiger partial charge is 0.422 e. The van der Waals surface area contributed by atoms with Crippen molar-refractivity contribution in [1.29, 1.82) is 0 Å². The molecule has 9 nitrogen and oxygen atoms in total. The van der Waals surface area contributed by atoms with Crippen molar-refractivity contribution >= 4 is 50.6 Å². The van der Waals surface area contributed by atoms with E-state index in [2.05, 4.69) is 31.4 Å². The van der Waals surface area contributed by atoms with E-state index < -0.39 is 16.8 Å². The number of nitro benzene ring substituents is 1. The van der Waals surface area contributed by atoms with Crippen molar-refractivity contribution in [1.82, 2.24) is 10.4 Å². The molecule has 0 aliphatic carbocycles. The zero-order chi connectivity index (χ0) is 28.2. The minimum Gasteiger partial charge on any atom is -0.422 e. The third-order valence-corrected chi connectivity index (χ3v) is 6.68. The Hall–Kier alpha value is -5.09. The number of benzene rings is 4. The number of carbonyl (C=O) groups excluding carboxylic acids is 2. The van der Waals surface area contributed by atoms with Gasteiger partial charge in [0.15, 0.2) is 0 Å². The van der Waals surface area contributed by atoms with Crippen molar-refractivity contribution < 1.29 is 19.2 Å². The van der Waals surface area contributed by atoms with Gasteiger partial charge in [0.2, 0.25) is 0 Å². The Morgan fingerprint density at radius 2 is 1.75 bits per heavy atom. The fourth-order valence-electron chi connectivity index (χ4n) is 4.25. The number of hydrogen-bond acceptors (Lipinski definition) is 6. The van der Waals surface area contributed by atoms with Gasteiger partial charge in [-0.25, -0.2) is 10.2 Å². The van der Waals surface area contributed by atoms with Gasteiger partial charge in [0, 0.05) is 38.6 Å². The molecule has 0 spiro atoms. The number of aryl methyl sites for hydroxylation is 1. The fourth-order valence-corrected chi connectivity index (χ4v) is 4.63. The number of carbonyl (C=O) groups is 2. The summed E-state index contributed by atoms with van der Waals surface area (Å²) in [5.41, 5.74) is 6.89. The van der Waals surface area contributed by atoms with Crippen LogP contribution in [0.2, 0.25) is 0 Å². The van der Waals surface area contributed by atoms with Crippen LogP contribution in [0.15, 0.2) is 101 Å². The van der Waals surface area contributed by atoms with Crippen LogP contribution in [-0.4, -0.2) is 28.0 Å². The molecule has 0 radical (unpaired) electrons. The first-order valence-corrected chi connectivity index (χ1v) is 12.9. The molecule has 0 bridgehead atoms. The lowest BCUT2D eigenvalue weighted by atomic mass is 10.0. The number of non-ortho nitro benzene ring substituents is 1. The van der Waals surface area contributed by atoms with Crippen LogP contribution in [0.3, 0.4) is 0 Å². The molecule has 198 valence electrons. The average Bonchev–Trinajstić information content (AvgIpc) is 3.36. The summed E-state index contributed by atoms with van der Waals surface area (Å²) < 4.78 is 6.22. The second kappa shape index (κ2) is 11.3. The molecule has 0 unspecified atom stereocenters. The number of nitro groups is 1. The van der Waals surface area contributed by atoms with Crippen molar-refractivity contribution in [2.24, 2.45) is 5.10 Å². The first-order chi connectivity index (χ1) is 19.3. The summed E-state index contributed by atoms with van der Waals surface area (Å²) in [6, 6.07) is 25.5. The van der Waals surface area contributed by atoms with Crippen molar-refractivity contribution in [2.75, 3.05) is 0 Å². The van der Waals surface area contributed by atoms with Crippen LogP contribution >= 0.6 is 15.9 Å². The maximum atomic E-state index is 13.3. The van der Waals surface area contributed by atoms with E-state index in [1.807, 2.05) is 55.5 Å². The van der Waals surface area contributed by atoms with Gasteiger partial charge in [0.05, 0.1) is 16.7 Å². The smallest absolute Gasteiger partial charge is 0.343 e. The topological polar surface area (TPSA) is 127 Å². The van der Waals surface area contributed by atoms with E-state index in [-0.39, 0.29) is 17.0 Å². The number of H-pyrrole nitrogens is 1. The molecule has 0 fully saturated rings. The molecule has 0 saturated heterocycles. The first-order valence-electron chi connectivity index (χ1n) is 12.1. The third-order valence-electron chi connectivity index (χ3n) is 6.19. The molecule has 40 heavy (non-hydrogen) atoms. The number of aromatic amines is 1. The monoisotopic (exact) mass is 596 g/mol. The molecule has 1 heterocycles. The number of aromatic nitrogens is 1. The van der Waals surface area contributed by atoms with Gasteiger partial charge in [-0.05, 0) is 48.4 Å². The number of halogens is 1. The number of nitrogens with one attached hydrogen (secondary N) is 2. The number of hydrazone groups is 1. The lowest BCUT2D eigenvalue weighted by Gasteiger charge is -2.08. The Kier molecular flexibility index (Phi) is 7.52. The van der Waals surface area contributed by atoms with Crippen molar-refractivity contribution in [3.8, 4) is 16.9 Å². The van der Waals surface area contributed by atoms with Crippen molar-refractivity contribution in [2.45, 2.75) is 6.92 Å². The van der Waals surface area contributed by atoms with Gasteiger partial charge < -0.3 is 9.72 Å². The number of esters is 1. The van der Waals surface area contributed by atoms with Crippen LogP contribution in [-0.2, 0) is 0 Å². The average molecular weight is 597 g/mol. The number of fused-ring (bicyclic) bond motifs is 1. The lowest BCUT2D eigenvalue weighted by Crippen LogP contribution is -2.19. The number of para-hydroxylation sites is 1. The summed E-state index contributed by atoms with van der Waals surface area (Å²) in [6.07, 6.45) is 1.37. The highest BCUT2D eigenvalue weighted by Gasteiger charge is 2.20. The molecule has 5 aromatic rings. The van der Waals surface area contributed by atoms with Crippen LogP contribution in [0.5, 0.6) is 5.75 Å². The van der Waals surface area contributed by atoms with Crippen LogP contribution in [0.1, 0.15) is 32.0 Å². The molecule has 1 aromatic heterocycles. The van der Waals surface area contributed by atoms with Gasteiger partial charge in [-0.3, -0.25) is 14.9 Å². The third kappa shape index (κ3) is 5.52. The summed E-state index contributed by atoms with van der Waals surface area (Å²) >= 11 is 3.39. The van der Waals surface area contributed by atoms with Gasteiger partial charge in [0.1, 0.15) is 11.4 Å². The minimum atomic E-state index is -0.697. The van der Waals surface area contributed by atoms with E-state index >= 15 is 0 Å². The number of hydrogen-bond donors (Lipinski definition) is 2. The molecule has 0 atom stereocenters. The van der Waals surface area contributed by atoms with Crippen LogP contribution in [0, 0.1) is 17.0 Å². The molecule has 0 saturated carbocycles. The predicted molar refractivity (Wildman–Crippen MR) is 156 cm³/mol. The van der Waals surface area contributed by atoms with E-state index in [0.717, 1.165) is 27.6 Å².